The van der Waals surface area contributed by atoms with Crippen LogP contribution < -0.4 is 4.72 Å². The Balaban J connectivity index is 2.21. The van der Waals surface area contributed by atoms with E-state index in [1.54, 1.807) is 0 Å². The molecule has 18 heavy (non-hydrogen) atoms. The molecule has 0 atom stereocenters. The number of halogens is 2. The van der Waals surface area contributed by atoms with Gasteiger partial charge in [0.15, 0.2) is 0 Å². The molecule has 0 bridgehead atoms. The van der Waals surface area contributed by atoms with Gasteiger partial charge in [-0.25, -0.2) is 18.1 Å². The highest BCUT2D eigenvalue weighted by atomic mass is 79.9. The van der Waals surface area contributed by atoms with Crippen molar-refractivity contribution in [1.29, 1.82) is 0 Å². The van der Waals surface area contributed by atoms with Gasteiger partial charge < -0.3 is 0 Å². The predicted octanol–water partition coefficient (Wildman–Crippen LogP) is 3.11. The molecule has 0 aromatic carbocycles. The molecule has 2 rings (SSSR count). The molecule has 7 heteroatoms. The van der Waals surface area contributed by atoms with Crippen molar-refractivity contribution in [2.24, 2.45) is 0 Å². The van der Waals surface area contributed by atoms with E-state index in [-0.39, 0.29) is 16.1 Å². The van der Waals surface area contributed by atoms with Gasteiger partial charge in [0.1, 0.15) is 10.0 Å². The molecule has 0 aliphatic heterocycles. The quantitative estimate of drug-likeness (QED) is 0.849. The van der Waals surface area contributed by atoms with Crippen LogP contribution in [0, 0.1) is 0 Å². The fourth-order valence-corrected chi connectivity index (χ4v) is 4.34. The van der Waals surface area contributed by atoms with Crippen molar-refractivity contribution in [1.82, 2.24) is 9.71 Å². The van der Waals surface area contributed by atoms with Crippen LogP contribution in [0.4, 0.5) is 0 Å². The van der Waals surface area contributed by atoms with Crippen LogP contribution in [0.15, 0.2) is 21.6 Å². The van der Waals surface area contributed by atoms with E-state index < -0.39 is 10.0 Å². The van der Waals surface area contributed by atoms with Gasteiger partial charge in [-0.05, 0) is 34.8 Å². The molecule has 1 saturated carbocycles. The Morgan fingerprint density at radius 2 is 2.00 bits per heavy atom. The summed E-state index contributed by atoms with van der Waals surface area (Å²) in [7, 11) is -3.59. The Hall–Kier alpha value is -0.170. The van der Waals surface area contributed by atoms with Crippen molar-refractivity contribution < 1.29 is 8.42 Å². The second kappa shape index (κ2) is 5.86. The van der Waals surface area contributed by atoms with Crippen molar-refractivity contribution in [3.63, 3.8) is 0 Å². The molecule has 0 saturated heterocycles. The summed E-state index contributed by atoms with van der Waals surface area (Å²) in [6.45, 7) is 0. The summed E-state index contributed by atoms with van der Waals surface area (Å²) in [5, 5.41) is 0.00140. The van der Waals surface area contributed by atoms with Gasteiger partial charge in [-0.2, -0.15) is 0 Å². The standard InChI is InChI=1S/C11H14BrClN2O2S/c12-8-6-10(11(13)14-7-8)18(16,17)15-9-4-2-1-3-5-9/h6-7,9,15H,1-5H2. The number of nitrogens with zero attached hydrogens (tertiary/aromatic N) is 1. The summed E-state index contributed by atoms with van der Waals surface area (Å²) >= 11 is 9.05. The average molecular weight is 354 g/mol. The van der Waals surface area contributed by atoms with E-state index in [1.807, 2.05) is 0 Å². The Kier molecular flexibility index (Phi) is 4.64. The number of nitrogens with one attached hydrogen (secondary N) is 1. The molecule has 0 amide bonds. The number of sulfonamides is 1. The Labute approximate surface area is 120 Å². The Bertz CT molecular complexity index is 530. The van der Waals surface area contributed by atoms with Crippen LogP contribution in [-0.4, -0.2) is 19.4 Å². The molecule has 0 unspecified atom stereocenters. The molecule has 4 nitrogen and oxygen atoms in total. The second-order valence-electron chi connectivity index (χ2n) is 4.40. The summed E-state index contributed by atoms with van der Waals surface area (Å²) in [6.07, 6.45) is 6.56. The summed E-state index contributed by atoms with van der Waals surface area (Å²) in [4.78, 5) is 3.87. The molecule has 1 heterocycles. The smallest absolute Gasteiger partial charge is 0.242 e. The molecular weight excluding hydrogens is 340 g/mol. The lowest BCUT2D eigenvalue weighted by atomic mass is 9.96. The monoisotopic (exact) mass is 352 g/mol. The first kappa shape index (κ1) is 14.2. The molecule has 0 radical (unpaired) electrons. The third kappa shape index (κ3) is 3.44. The Morgan fingerprint density at radius 3 is 2.67 bits per heavy atom. The maximum Gasteiger partial charge on any atom is 0.243 e. The topological polar surface area (TPSA) is 59.1 Å². The summed E-state index contributed by atoms with van der Waals surface area (Å²) in [5.41, 5.74) is 0. The molecule has 1 fully saturated rings. The van der Waals surface area contributed by atoms with Crippen molar-refractivity contribution in [2.45, 2.75) is 43.0 Å². The molecule has 1 aromatic rings. The summed E-state index contributed by atoms with van der Waals surface area (Å²) in [6, 6.07) is 1.49. The number of hydrogen-bond acceptors (Lipinski definition) is 3. The lowest BCUT2D eigenvalue weighted by Crippen LogP contribution is -2.36. The van der Waals surface area contributed by atoms with Crippen molar-refractivity contribution in [3.8, 4) is 0 Å². The molecule has 1 aliphatic rings. The van der Waals surface area contributed by atoms with E-state index in [2.05, 4.69) is 25.6 Å². The van der Waals surface area contributed by atoms with Crippen LogP contribution in [-0.2, 0) is 10.0 Å². The summed E-state index contributed by atoms with van der Waals surface area (Å²) < 4.78 is 27.7. The van der Waals surface area contributed by atoms with Gasteiger partial charge in [-0.1, -0.05) is 30.9 Å². The maximum atomic E-state index is 12.2. The van der Waals surface area contributed by atoms with E-state index in [0.717, 1.165) is 25.7 Å². The van der Waals surface area contributed by atoms with Crippen LogP contribution in [0.25, 0.3) is 0 Å². The minimum absolute atomic E-state index is 0.00140. The highest BCUT2D eigenvalue weighted by molar-refractivity contribution is 9.10. The van der Waals surface area contributed by atoms with Gasteiger partial charge >= 0.3 is 0 Å². The van der Waals surface area contributed by atoms with Crippen molar-refractivity contribution in [2.75, 3.05) is 0 Å². The number of hydrogen-bond donors (Lipinski definition) is 1. The van der Waals surface area contributed by atoms with Gasteiger partial charge in [-0.15, -0.1) is 0 Å². The van der Waals surface area contributed by atoms with Gasteiger partial charge in [0.2, 0.25) is 10.0 Å². The zero-order valence-electron chi connectivity index (χ0n) is 9.70. The molecular formula is C11H14BrClN2O2S. The highest BCUT2D eigenvalue weighted by Gasteiger charge is 2.24. The first-order valence-corrected chi connectivity index (χ1v) is 8.48. The average Bonchev–Trinajstić information content (AvgIpc) is 2.33. The van der Waals surface area contributed by atoms with Gasteiger partial charge in [0.25, 0.3) is 0 Å². The number of rotatable bonds is 3. The lowest BCUT2D eigenvalue weighted by molar-refractivity contribution is 0.412. The van der Waals surface area contributed by atoms with Gasteiger partial charge in [0, 0.05) is 16.7 Å². The van der Waals surface area contributed by atoms with Crippen LogP contribution in [0.5, 0.6) is 0 Å². The molecule has 0 spiro atoms. The fraction of sp³-hybridized carbons (Fsp3) is 0.545. The van der Waals surface area contributed by atoms with E-state index in [1.165, 1.54) is 18.7 Å². The number of aromatic nitrogens is 1. The van der Waals surface area contributed by atoms with E-state index in [4.69, 9.17) is 11.6 Å². The summed E-state index contributed by atoms with van der Waals surface area (Å²) in [5.74, 6) is 0. The largest absolute Gasteiger partial charge is 0.243 e. The number of pyridine rings is 1. The third-order valence-corrected chi connectivity index (χ3v) is 5.37. The second-order valence-corrected chi connectivity index (χ2v) is 7.35. The zero-order chi connectivity index (χ0) is 13.2. The zero-order valence-corrected chi connectivity index (χ0v) is 12.9. The normalized spacial score (nSPS) is 17.9. The van der Waals surface area contributed by atoms with Crippen LogP contribution >= 0.6 is 27.5 Å². The van der Waals surface area contributed by atoms with E-state index in [9.17, 15) is 8.42 Å². The van der Waals surface area contributed by atoms with E-state index >= 15 is 0 Å². The first-order chi connectivity index (χ1) is 8.49. The van der Waals surface area contributed by atoms with Crippen LogP contribution in [0.3, 0.4) is 0 Å². The maximum absolute atomic E-state index is 12.2. The van der Waals surface area contributed by atoms with Crippen molar-refractivity contribution in [3.05, 3.63) is 21.9 Å². The SMILES string of the molecule is O=S(=O)(NC1CCCCC1)c1cc(Br)cnc1Cl. The fourth-order valence-electron chi connectivity index (χ4n) is 2.10. The molecule has 100 valence electrons. The first-order valence-electron chi connectivity index (χ1n) is 5.82. The van der Waals surface area contributed by atoms with Crippen LogP contribution in [0.2, 0.25) is 5.15 Å². The van der Waals surface area contributed by atoms with Gasteiger partial charge in [-0.3, -0.25) is 0 Å². The van der Waals surface area contributed by atoms with Crippen molar-refractivity contribution >= 4 is 37.6 Å². The predicted molar refractivity (Wildman–Crippen MR) is 74.1 cm³/mol. The Morgan fingerprint density at radius 1 is 1.33 bits per heavy atom. The van der Waals surface area contributed by atoms with Crippen LogP contribution in [0.1, 0.15) is 32.1 Å². The minimum Gasteiger partial charge on any atom is -0.242 e. The highest BCUT2D eigenvalue weighted by Crippen LogP contribution is 2.25. The molecule has 1 N–H and O–H groups in total. The lowest BCUT2D eigenvalue weighted by Gasteiger charge is -2.22. The van der Waals surface area contributed by atoms with E-state index in [0.29, 0.717) is 4.47 Å². The molecule has 1 aliphatic carbocycles. The molecule has 1 aromatic heterocycles. The van der Waals surface area contributed by atoms with Gasteiger partial charge in [0.05, 0.1) is 0 Å². The minimum atomic E-state index is -3.59. The third-order valence-electron chi connectivity index (χ3n) is 2.99.